The predicted octanol–water partition coefficient (Wildman–Crippen LogP) is 2.70. The number of benzene rings is 1. The molecule has 7 nitrogen and oxygen atoms in total. The SMILES string of the molecule is CCCC(NC(=O)OCc1ccccc1)C(=O)NC(CC(C)C)C(=O)O. The summed E-state index contributed by atoms with van der Waals surface area (Å²) < 4.78 is 5.13. The maximum absolute atomic E-state index is 12.4. The van der Waals surface area contributed by atoms with Crippen molar-refractivity contribution >= 4 is 18.0 Å². The summed E-state index contributed by atoms with van der Waals surface area (Å²) >= 11 is 0. The fourth-order valence-corrected chi connectivity index (χ4v) is 2.43. The molecule has 0 aromatic heterocycles. The van der Waals surface area contributed by atoms with Gasteiger partial charge in [-0.1, -0.05) is 57.5 Å². The molecular weight excluding hydrogens is 336 g/mol. The standard InChI is InChI=1S/C19H28N2O5/c1-4-8-15(17(22)20-16(18(23)24)11-13(2)3)21-19(25)26-12-14-9-6-5-7-10-14/h5-7,9-10,13,15-16H,4,8,11-12H2,1-3H3,(H,20,22)(H,21,25)(H,23,24). The highest BCUT2D eigenvalue weighted by Gasteiger charge is 2.26. The van der Waals surface area contributed by atoms with E-state index in [2.05, 4.69) is 10.6 Å². The quantitative estimate of drug-likeness (QED) is 0.592. The largest absolute Gasteiger partial charge is 0.480 e. The average molecular weight is 364 g/mol. The van der Waals surface area contributed by atoms with Crippen molar-refractivity contribution in [1.29, 1.82) is 0 Å². The van der Waals surface area contributed by atoms with Crippen molar-refractivity contribution in [2.45, 2.75) is 58.7 Å². The third-order valence-electron chi connectivity index (χ3n) is 3.72. The van der Waals surface area contributed by atoms with Crippen LogP contribution in [0.4, 0.5) is 4.79 Å². The Bertz CT molecular complexity index is 589. The highest BCUT2D eigenvalue weighted by molar-refractivity contribution is 5.89. The Balaban J connectivity index is 2.60. The lowest BCUT2D eigenvalue weighted by molar-refractivity contribution is -0.142. The first-order chi connectivity index (χ1) is 12.3. The van der Waals surface area contributed by atoms with Crippen molar-refractivity contribution < 1.29 is 24.2 Å². The summed E-state index contributed by atoms with van der Waals surface area (Å²) in [6.07, 6.45) is 0.649. The van der Waals surface area contributed by atoms with E-state index in [1.807, 2.05) is 51.1 Å². The van der Waals surface area contributed by atoms with Crippen molar-refractivity contribution in [2.75, 3.05) is 0 Å². The zero-order chi connectivity index (χ0) is 19.5. The highest BCUT2D eigenvalue weighted by atomic mass is 16.5. The van der Waals surface area contributed by atoms with Gasteiger partial charge in [-0.15, -0.1) is 0 Å². The van der Waals surface area contributed by atoms with Crippen molar-refractivity contribution in [2.24, 2.45) is 5.92 Å². The molecule has 144 valence electrons. The minimum atomic E-state index is -1.09. The molecule has 0 bridgehead atoms. The molecule has 0 aliphatic carbocycles. The molecule has 0 saturated heterocycles. The number of carboxylic acids is 1. The first kappa shape index (κ1) is 21.5. The summed E-state index contributed by atoms with van der Waals surface area (Å²) in [6, 6.07) is 7.37. The summed E-state index contributed by atoms with van der Waals surface area (Å²) in [5.74, 6) is -1.49. The van der Waals surface area contributed by atoms with Crippen LogP contribution in [0.1, 0.15) is 45.6 Å². The minimum absolute atomic E-state index is 0.0955. The van der Waals surface area contributed by atoms with Gasteiger partial charge in [-0.05, 0) is 24.3 Å². The van der Waals surface area contributed by atoms with E-state index < -0.39 is 30.1 Å². The van der Waals surface area contributed by atoms with Crippen LogP contribution < -0.4 is 10.6 Å². The van der Waals surface area contributed by atoms with E-state index in [0.717, 1.165) is 5.56 Å². The zero-order valence-electron chi connectivity index (χ0n) is 15.5. The fraction of sp³-hybridized carbons (Fsp3) is 0.526. The summed E-state index contributed by atoms with van der Waals surface area (Å²) in [6.45, 7) is 5.73. The number of carboxylic acid groups (broad SMARTS) is 1. The number of ether oxygens (including phenoxy) is 1. The number of carbonyl (C=O) groups excluding carboxylic acids is 2. The van der Waals surface area contributed by atoms with Crippen molar-refractivity contribution in [1.82, 2.24) is 10.6 Å². The van der Waals surface area contributed by atoms with Gasteiger partial charge in [0.15, 0.2) is 0 Å². The molecule has 0 aliphatic rings. The van der Waals surface area contributed by atoms with Crippen LogP contribution in [0.2, 0.25) is 0 Å². The lowest BCUT2D eigenvalue weighted by Crippen LogP contribution is -2.51. The number of nitrogens with one attached hydrogen (secondary N) is 2. The molecule has 26 heavy (non-hydrogen) atoms. The van der Waals surface area contributed by atoms with Gasteiger partial charge in [0.05, 0.1) is 0 Å². The normalized spacial score (nSPS) is 12.9. The van der Waals surface area contributed by atoms with Crippen LogP contribution in [0.3, 0.4) is 0 Å². The Kier molecular flexibility index (Phi) is 9.19. The first-order valence-corrected chi connectivity index (χ1v) is 8.83. The molecule has 1 aromatic carbocycles. The van der Waals surface area contributed by atoms with Crippen LogP contribution in [0.15, 0.2) is 30.3 Å². The second-order valence-electron chi connectivity index (χ2n) is 6.58. The van der Waals surface area contributed by atoms with Crippen LogP contribution in [-0.4, -0.2) is 35.2 Å². The van der Waals surface area contributed by atoms with Gasteiger partial charge < -0.3 is 20.5 Å². The van der Waals surface area contributed by atoms with Crippen LogP contribution in [0, 0.1) is 5.92 Å². The number of hydrogen-bond acceptors (Lipinski definition) is 4. The lowest BCUT2D eigenvalue weighted by Gasteiger charge is -2.22. The molecule has 7 heteroatoms. The van der Waals surface area contributed by atoms with E-state index >= 15 is 0 Å². The van der Waals surface area contributed by atoms with E-state index in [0.29, 0.717) is 19.3 Å². The van der Waals surface area contributed by atoms with E-state index in [9.17, 15) is 19.5 Å². The van der Waals surface area contributed by atoms with Gasteiger partial charge in [-0.3, -0.25) is 4.79 Å². The molecule has 2 atom stereocenters. The molecule has 1 rings (SSSR count). The third-order valence-corrected chi connectivity index (χ3v) is 3.72. The first-order valence-electron chi connectivity index (χ1n) is 8.83. The molecule has 0 spiro atoms. The second kappa shape index (κ2) is 11.1. The number of carbonyl (C=O) groups is 3. The van der Waals surface area contributed by atoms with Gasteiger partial charge in [-0.25, -0.2) is 9.59 Å². The average Bonchev–Trinajstić information content (AvgIpc) is 2.59. The monoisotopic (exact) mass is 364 g/mol. The molecule has 0 aliphatic heterocycles. The number of hydrogen-bond donors (Lipinski definition) is 3. The molecule has 0 radical (unpaired) electrons. The number of aliphatic carboxylic acids is 1. The number of alkyl carbamates (subject to hydrolysis) is 1. The van der Waals surface area contributed by atoms with Crippen molar-refractivity contribution in [3.8, 4) is 0 Å². The molecule has 3 N–H and O–H groups in total. The van der Waals surface area contributed by atoms with Crippen molar-refractivity contribution in [3.63, 3.8) is 0 Å². The molecular formula is C19H28N2O5. The van der Waals surface area contributed by atoms with E-state index in [-0.39, 0.29) is 12.5 Å². The van der Waals surface area contributed by atoms with Gasteiger partial charge in [0.1, 0.15) is 18.7 Å². The molecule has 1 aromatic rings. The van der Waals surface area contributed by atoms with Gasteiger partial charge in [0.2, 0.25) is 5.91 Å². The highest BCUT2D eigenvalue weighted by Crippen LogP contribution is 2.07. The molecule has 0 fully saturated rings. The summed E-state index contributed by atoms with van der Waals surface area (Å²) in [7, 11) is 0. The Labute approximate surface area is 154 Å². The Morgan fingerprint density at radius 1 is 1.08 bits per heavy atom. The lowest BCUT2D eigenvalue weighted by atomic mass is 10.0. The van der Waals surface area contributed by atoms with Crippen LogP contribution in [-0.2, 0) is 20.9 Å². The second-order valence-corrected chi connectivity index (χ2v) is 6.58. The Hall–Kier alpha value is -2.57. The summed E-state index contributed by atoms with van der Waals surface area (Å²) in [4.78, 5) is 35.7. The van der Waals surface area contributed by atoms with Crippen LogP contribution in [0.25, 0.3) is 0 Å². The summed E-state index contributed by atoms with van der Waals surface area (Å²) in [5, 5.41) is 14.3. The van der Waals surface area contributed by atoms with Gasteiger partial charge in [0, 0.05) is 0 Å². The molecule has 2 unspecified atom stereocenters. The van der Waals surface area contributed by atoms with E-state index in [1.165, 1.54) is 0 Å². The molecule has 0 saturated carbocycles. The maximum atomic E-state index is 12.4. The van der Waals surface area contributed by atoms with Crippen LogP contribution in [0.5, 0.6) is 0 Å². The topological polar surface area (TPSA) is 105 Å². The van der Waals surface area contributed by atoms with E-state index in [1.54, 1.807) is 0 Å². The smallest absolute Gasteiger partial charge is 0.408 e. The number of amides is 2. The third kappa shape index (κ3) is 8.00. The Morgan fingerprint density at radius 2 is 1.73 bits per heavy atom. The van der Waals surface area contributed by atoms with Gasteiger partial charge in [-0.2, -0.15) is 0 Å². The van der Waals surface area contributed by atoms with Gasteiger partial charge in [0.25, 0.3) is 0 Å². The summed E-state index contributed by atoms with van der Waals surface area (Å²) in [5.41, 5.74) is 0.835. The zero-order valence-corrected chi connectivity index (χ0v) is 15.5. The van der Waals surface area contributed by atoms with Gasteiger partial charge >= 0.3 is 12.1 Å². The maximum Gasteiger partial charge on any atom is 0.408 e. The predicted molar refractivity (Wildman–Crippen MR) is 97.5 cm³/mol. The number of rotatable bonds is 10. The Morgan fingerprint density at radius 3 is 2.27 bits per heavy atom. The molecule has 0 heterocycles. The van der Waals surface area contributed by atoms with Crippen molar-refractivity contribution in [3.05, 3.63) is 35.9 Å². The van der Waals surface area contributed by atoms with E-state index in [4.69, 9.17) is 4.74 Å². The van der Waals surface area contributed by atoms with Crippen LogP contribution >= 0.6 is 0 Å². The minimum Gasteiger partial charge on any atom is -0.480 e. The fourth-order valence-electron chi connectivity index (χ4n) is 2.43. The molecule has 2 amide bonds.